The largest absolute Gasteiger partial charge is 0.495 e. The molecule has 128 valence electrons. The van der Waals surface area contributed by atoms with Crippen molar-refractivity contribution in [1.82, 2.24) is 0 Å². The van der Waals surface area contributed by atoms with Crippen molar-refractivity contribution in [3.8, 4) is 17.2 Å². The molecule has 0 bridgehead atoms. The van der Waals surface area contributed by atoms with E-state index in [0.717, 1.165) is 0 Å². The first kappa shape index (κ1) is 18.4. The molecule has 0 spiro atoms. The Morgan fingerprint density at radius 2 is 1.88 bits per heavy atom. The van der Waals surface area contributed by atoms with Crippen molar-refractivity contribution in [3.05, 3.63) is 45.6 Å². The Morgan fingerprint density at radius 1 is 1.17 bits per heavy atom. The van der Waals surface area contributed by atoms with Gasteiger partial charge in [0.2, 0.25) is 0 Å². The van der Waals surface area contributed by atoms with E-state index in [1.54, 1.807) is 6.07 Å². The van der Waals surface area contributed by atoms with Gasteiger partial charge in [-0.1, -0.05) is 11.6 Å². The molecule has 0 aliphatic carbocycles. The molecule has 0 heterocycles. The van der Waals surface area contributed by atoms with E-state index in [1.165, 1.54) is 38.5 Å². The minimum absolute atomic E-state index is 0.266. The molecule has 1 N–H and O–H groups in total. The minimum Gasteiger partial charge on any atom is -0.495 e. The molecular formula is C16H14BrClFNO4. The molecule has 0 radical (unpaired) electrons. The van der Waals surface area contributed by atoms with Gasteiger partial charge in [-0.2, -0.15) is 0 Å². The number of hydrogen-bond acceptors (Lipinski definition) is 4. The first-order valence-electron chi connectivity index (χ1n) is 6.73. The van der Waals surface area contributed by atoms with Crippen molar-refractivity contribution in [3.63, 3.8) is 0 Å². The zero-order valence-electron chi connectivity index (χ0n) is 12.9. The van der Waals surface area contributed by atoms with Crippen LogP contribution in [0.1, 0.15) is 0 Å². The molecule has 0 saturated carbocycles. The second-order valence-electron chi connectivity index (χ2n) is 4.60. The van der Waals surface area contributed by atoms with Crippen molar-refractivity contribution in [2.24, 2.45) is 0 Å². The van der Waals surface area contributed by atoms with Crippen molar-refractivity contribution in [2.75, 3.05) is 26.1 Å². The first-order chi connectivity index (χ1) is 11.4. The van der Waals surface area contributed by atoms with Crippen LogP contribution in [-0.4, -0.2) is 26.7 Å². The lowest BCUT2D eigenvalue weighted by molar-refractivity contribution is -0.118. The lowest BCUT2D eigenvalue weighted by Gasteiger charge is -2.13. The summed E-state index contributed by atoms with van der Waals surface area (Å²) in [6.45, 7) is -0.266. The molecule has 0 unspecified atom stereocenters. The number of halogens is 3. The summed E-state index contributed by atoms with van der Waals surface area (Å²) < 4.78 is 29.1. The van der Waals surface area contributed by atoms with Gasteiger partial charge < -0.3 is 19.5 Å². The van der Waals surface area contributed by atoms with Crippen LogP contribution in [-0.2, 0) is 4.79 Å². The Morgan fingerprint density at radius 3 is 2.50 bits per heavy atom. The van der Waals surface area contributed by atoms with Crippen molar-refractivity contribution in [1.29, 1.82) is 0 Å². The van der Waals surface area contributed by atoms with Crippen LogP contribution in [0.25, 0.3) is 0 Å². The number of ether oxygens (including phenoxy) is 3. The quantitative estimate of drug-likeness (QED) is 0.761. The molecule has 5 nitrogen and oxygen atoms in total. The van der Waals surface area contributed by atoms with Gasteiger partial charge in [-0.3, -0.25) is 4.79 Å². The fourth-order valence-electron chi connectivity index (χ4n) is 1.88. The molecule has 0 aliphatic heterocycles. The van der Waals surface area contributed by atoms with E-state index in [4.69, 9.17) is 25.8 Å². The molecule has 8 heteroatoms. The van der Waals surface area contributed by atoms with E-state index in [1.807, 2.05) is 0 Å². The van der Waals surface area contributed by atoms with E-state index in [9.17, 15) is 9.18 Å². The molecule has 2 aromatic rings. The summed E-state index contributed by atoms with van der Waals surface area (Å²) in [5.41, 5.74) is 0.394. The van der Waals surface area contributed by atoms with Gasteiger partial charge in [-0.05, 0) is 34.1 Å². The normalized spacial score (nSPS) is 10.2. The monoisotopic (exact) mass is 417 g/mol. The molecule has 0 fully saturated rings. The molecule has 1 amide bonds. The van der Waals surface area contributed by atoms with Crippen LogP contribution in [0, 0.1) is 5.82 Å². The number of anilines is 1. The zero-order valence-corrected chi connectivity index (χ0v) is 15.2. The molecular weight excluding hydrogens is 405 g/mol. The smallest absolute Gasteiger partial charge is 0.262 e. The Labute approximate surface area is 151 Å². The fraction of sp³-hybridized carbons (Fsp3) is 0.188. The highest BCUT2D eigenvalue weighted by atomic mass is 79.9. The molecule has 24 heavy (non-hydrogen) atoms. The topological polar surface area (TPSA) is 56.8 Å². The maximum atomic E-state index is 13.0. The van der Waals surface area contributed by atoms with Crippen LogP contribution in [0.2, 0.25) is 5.02 Å². The summed E-state index contributed by atoms with van der Waals surface area (Å²) in [5.74, 6) is 0.310. The molecule has 0 aromatic heterocycles. The Balaban J connectivity index is 2.06. The summed E-state index contributed by atoms with van der Waals surface area (Å²) in [7, 11) is 2.92. The standard InChI is InChI=1S/C16H14BrClFNO4/c1-22-14-7-12(15(23-2)6-11(14)18)20-16(21)8-24-13-4-3-9(19)5-10(13)17/h3-7H,8H2,1-2H3,(H,20,21). The second-order valence-corrected chi connectivity index (χ2v) is 5.86. The van der Waals surface area contributed by atoms with E-state index in [0.29, 0.717) is 32.4 Å². The van der Waals surface area contributed by atoms with Gasteiger partial charge in [-0.15, -0.1) is 0 Å². The average molecular weight is 419 g/mol. The number of carbonyl (C=O) groups is 1. The van der Waals surface area contributed by atoms with E-state index >= 15 is 0 Å². The predicted molar refractivity (Wildman–Crippen MR) is 92.8 cm³/mol. The van der Waals surface area contributed by atoms with E-state index in [2.05, 4.69) is 21.2 Å². The Bertz CT molecular complexity index is 757. The zero-order chi connectivity index (χ0) is 17.7. The molecule has 2 aromatic carbocycles. The lowest BCUT2D eigenvalue weighted by Crippen LogP contribution is -2.20. The maximum absolute atomic E-state index is 13.0. The van der Waals surface area contributed by atoms with Crippen LogP contribution in [0.15, 0.2) is 34.8 Å². The summed E-state index contributed by atoms with van der Waals surface area (Å²) in [6, 6.07) is 7.00. The Kier molecular flexibility index (Phi) is 6.28. The molecule has 0 atom stereocenters. The van der Waals surface area contributed by atoms with Crippen LogP contribution in [0.5, 0.6) is 17.2 Å². The Hall–Kier alpha value is -1.99. The predicted octanol–water partition coefficient (Wildman–Crippen LogP) is 4.28. The SMILES string of the molecule is COc1cc(NC(=O)COc2ccc(F)cc2Br)c(OC)cc1Cl. The number of amides is 1. The number of hydrogen-bond donors (Lipinski definition) is 1. The van der Waals surface area contributed by atoms with Gasteiger partial charge in [-0.25, -0.2) is 4.39 Å². The van der Waals surface area contributed by atoms with E-state index < -0.39 is 11.7 Å². The minimum atomic E-state index is -0.422. The average Bonchev–Trinajstić information content (AvgIpc) is 2.55. The third-order valence-corrected chi connectivity index (χ3v) is 3.92. The van der Waals surface area contributed by atoms with Gasteiger partial charge >= 0.3 is 0 Å². The van der Waals surface area contributed by atoms with Crippen molar-refractivity contribution in [2.45, 2.75) is 0 Å². The van der Waals surface area contributed by atoms with Gasteiger partial charge in [0.05, 0.1) is 29.4 Å². The van der Waals surface area contributed by atoms with Gasteiger partial charge in [0.25, 0.3) is 5.91 Å². The highest BCUT2D eigenvalue weighted by Crippen LogP contribution is 2.35. The third-order valence-electron chi connectivity index (χ3n) is 3.00. The molecule has 0 aliphatic rings. The maximum Gasteiger partial charge on any atom is 0.262 e. The third kappa shape index (κ3) is 4.52. The summed E-state index contributed by atoms with van der Waals surface area (Å²) in [4.78, 5) is 12.1. The van der Waals surface area contributed by atoms with Gasteiger partial charge in [0.1, 0.15) is 23.1 Å². The summed E-state index contributed by atoms with van der Waals surface area (Å²) in [6.07, 6.45) is 0. The molecule has 2 rings (SSSR count). The van der Waals surface area contributed by atoms with Crippen LogP contribution in [0.4, 0.5) is 10.1 Å². The van der Waals surface area contributed by atoms with Crippen LogP contribution < -0.4 is 19.5 Å². The van der Waals surface area contributed by atoms with Crippen molar-refractivity contribution >= 4 is 39.1 Å². The number of carbonyl (C=O) groups excluding carboxylic acids is 1. The van der Waals surface area contributed by atoms with Crippen molar-refractivity contribution < 1.29 is 23.4 Å². The first-order valence-corrected chi connectivity index (χ1v) is 7.91. The molecule has 0 saturated heterocycles. The second kappa shape index (κ2) is 8.21. The number of benzene rings is 2. The van der Waals surface area contributed by atoms with Crippen LogP contribution in [0.3, 0.4) is 0 Å². The van der Waals surface area contributed by atoms with Gasteiger partial charge in [0, 0.05) is 12.1 Å². The number of methoxy groups -OCH3 is 2. The van der Waals surface area contributed by atoms with Crippen LogP contribution >= 0.6 is 27.5 Å². The lowest BCUT2D eigenvalue weighted by atomic mass is 10.2. The van der Waals surface area contributed by atoms with E-state index in [-0.39, 0.29) is 6.61 Å². The fourth-order valence-corrected chi connectivity index (χ4v) is 2.58. The number of nitrogens with one attached hydrogen (secondary N) is 1. The van der Waals surface area contributed by atoms with Gasteiger partial charge in [0.15, 0.2) is 6.61 Å². The highest BCUT2D eigenvalue weighted by Gasteiger charge is 2.13. The highest BCUT2D eigenvalue weighted by molar-refractivity contribution is 9.10. The summed E-state index contributed by atoms with van der Waals surface area (Å²) >= 11 is 9.18. The number of rotatable bonds is 6. The summed E-state index contributed by atoms with van der Waals surface area (Å²) in [5, 5.41) is 3.01.